The summed E-state index contributed by atoms with van der Waals surface area (Å²) in [6.45, 7) is 2.91. The minimum Gasteiger partial charge on any atom is -0.387 e. The van der Waals surface area contributed by atoms with Crippen molar-refractivity contribution in [1.82, 2.24) is 10.3 Å². The highest BCUT2D eigenvalue weighted by Gasteiger charge is 2.09. The zero-order valence-corrected chi connectivity index (χ0v) is 10.6. The molecule has 0 saturated carbocycles. The zero-order valence-electron chi connectivity index (χ0n) is 10.6. The second-order valence-electron chi connectivity index (χ2n) is 3.99. The Balaban J connectivity index is 2.41. The van der Waals surface area contributed by atoms with Crippen molar-refractivity contribution < 1.29 is 4.79 Å². The number of rotatable bonds is 7. The van der Waals surface area contributed by atoms with Crippen LogP contribution in [0.5, 0.6) is 0 Å². The van der Waals surface area contributed by atoms with E-state index >= 15 is 0 Å². The van der Waals surface area contributed by atoms with Gasteiger partial charge in [0.1, 0.15) is 0 Å². The maximum atomic E-state index is 11.9. The molecule has 0 fully saturated rings. The summed E-state index contributed by atoms with van der Waals surface area (Å²) in [5, 5.41) is 5.90. The molecule has 0 spiro atoms. The van der Waals surface area contributed by atoms with Crippen LogP contribution in [-0.4, -0.2) is 24.5 Å². The fraction of sp³-hybridized carbons (Fsp3) is 0.538. The van der Waals surface area contributed by atoms with Crippen molar-refractivity contribution in [3.63, 3.8) is 0 Å². The summed E-state index contributed by atoms with van der Waals surface area (Å²) in [6.07, 6.45) is 7.90. The second-order valence-corrected chi connectivity index (χ2v) is 3.99. The van der Waals surface area contributed by atoms with Gasteiger partial charge in [0.15, 0.2) is 0 Å². The molecule has 0 radical (unpaired) electrons. The lowest BCUT2D eigenvalue weighted by Crippen LogP contribution is -2.25. The van der Waals surface area contributed by atoms with E-state index in [0.29, 0.717) is 5.56 Å². The summed E-state index contributed by atoms with van der Waals surface area (Å²) >= 11 is 0. The fourth-order valence-corrected chi connectivity index (χ4v) is 1.64. The van der Waals surface area contributed by atoms with Gasteiger partial charge in [-0.3, -0.25) is 9.78 Å². The topological polar surface area (TPSA) is 54.0 Å². The summed E-state index contributed by atoms with van der Waals surface area (Å²) in [5.41, 5.74) is 1.41. The number of carbonyl (C=O) groups excluding carboxylic acids is 1. The lowest BCUT2D eigenvalue weighted by atomic mass is 10.2. The molecular weight excluding hydrogens is 214 g/mol. The van der Waals surface area contributed by atoms with Crippen molar-refractivity contribution in [1.29, 1.82) is 0 Å². The molecule has 4 heteroatoms. The predicted octanol–water partition coefficient (Wildman–Crippen LogP) is 2.43. The number of aromatic nitrogens is 1. The zero-order chi connectivity index (χ0) is 12.5. The van der Waals surface area contributed by atoms with Gasteiger partial charge >= 0.3 is 0 Å². The number of amides is 1. The van der Waals surface area contributed by atoms with Crippen molar-refractivity contribution in [3.8, 4) is 0 Å². The van der Waals surface area contributed by atoms with Crippen molar-refractivity contribution in [2.75, 3.05) is 18.9 Å². The molecule has 1 rings (SSSR count). The third kappa shape index (κ3) is 4.43. The van der Waals surface area contributed by atoms with E-state index in [-0.39, 0.29) is 5.91 Å². The van der Waals surface area contributed by atoms with Gasteiger partial charge in [0.25, 0.3) is 5.91 Å². The van der Waals surface area contributed by atoms with Gasteiger partial charge in [-0.15, -0.1) is 0 Å². The number of hydrogen-bond acceptors (Lipinski definition) is 3. The quantitative estimate of drug-likeness (QED) is 0.714. The standard InChI is InChI=1S/C13H21N3O/c1-3-4-5-6-8-16-13(17)11-10-15-9-7-12(11)14-2/h7,9-10H,3-6,8H2,1-2H3,(H,14,15)(H,16,17). The van der Waals surface area contributed by atoms with Gasteiger partial charge < -0.3 is 10.6 Å². The van der Waals surface area contributed by atoms with Crippen LogP contribution in [0, 0.1) is 0 Å². The number of hydrogen-bond donors (Lipinski definition) is 2. The summed E-state index contributed by atoms with van der Waals surface area (Å²) in [6, 6.07) is 1.80. The number of nitrogens with one attached hydrogen (secondary N) is 2. The molecule has 1 heterocycles. The number of pyridine rings is 1. The Morgan fingerprint density at radius 3 is 2.88 bits per heavy atom. The van der Waals surface area contributed by atoms with Gasteiger partial charge in [-0.1, -0.05) is 26.2 Å². The largest absolute Gasteiger partial charge is 0.387 e. The lowest BCUT2D eigenvalue weighted by molar-refractivity contribution is 0.0953. The van der Waals surface area contributed by atoms with Crippen LogP contribution in [-0.2, 0) is 0 Å². The van der Waals surface area contributed by atoms with Crippen LogP contribution in [0.3, 0.4) is 0 Å². The first-order valence-electron chi connectivity index (χ1n) is 6.19. The van der Waals surface area contributed by atoms with E-state index in [9.17, 15) is 4.79 Å². The van der Waals surface area contributed by atoms with Gasteiger partial charge in [-0.2, -0.15) is 0 Å². The molecule has 0 aliphatic rings. The monoisotopic (exact) mass is 235 g/mol. The van der Waals surface area contributed by atoms with Crippen molar-refractivity contribution in [2.45, 2.75) is 32.6 Å². The number of unbranched alkanes of at least 4 members (excludes halogenated alkanes) is 3. The highest BCUT2D eigenvalue weighted by atomic mass is 16.1. The Morgan fingerprint density at radius 1 is 1.35 bits per heavy atom. The van der Waals surface area contributed by atoms with E-state index in [1.165, 1.54) is 19.3 Å². The van der Waals surface area contributed by atoms with E-state index < -0.39 is 0 Å². The number of carbonyl (C=O) groups is 1. The molecule has 0 aromatic carbocycles. The highest BCUT2D eigenvalue weighted by Crippen LogP contribution is 2.12. The molecule has 94 valence electrons. The van der Waals surface area contributed by atoms with Gasteiger partial charge in [0, 0.05) is 31.7 Å². The molecule has 17 heavy (non-hydrogen) atoms. The van der Waals surface area contributed by atoms with E-state index in [4.69, 9.17) is 0 Å². The third-order valence-corrected chi connectivity index (χ3v) is 2.65. The third-order valence-electron chi connectivity index (χ3n) is 2.65. The fourth-order valence-electron chi connectivity index (χ4n) is 1.64. The summed E-state index contributed by atoms with van der Waals surface area (Å²) < 4.78 is 0. The van der Waals surface area contributed by atoms with Crippen molar-refractivity contribution in [2.24, 2.45) is 0 Å². The normalized spacial score (nSPS) is 10.0. The molecule has 4 nitrogen and oxygen atoms in total. The van der Waals surface area contributed by atoms with Crippen molar-refractivity contribution >= 4 is 11.6 Å². The van der Waals surface area contributed by atoms with Crippen LogP contribution in [0.4, 0.5) is 5.69 Å². The van der Waals surface area contributed by atoms with E-state index in [1.54, 1.807) is 25.5 Å². The van der Waals surface area contributed by atoms with Crippen LogP contribution in [0.1, 0.15) is 43.0 Å². The Hall–Kier alpha value is -1.58. The molecule has 1 aromatic heterocycles. The molecule has 0 bridgehead atoms. The highest BCUT2D eigenvalue weighted by molar-refractivity contribution is 5.99. The predicted molar refractivity (Wildman–Crippen MR) is 70.3 cm³/mol. The molecule has 1 aromatic rings. The van der Waals surface area contributed by atoms with Crippen LogP contribution in [0.25, 0.3) is 0 Å². The van der Waals surface area contributed by atoms with Crippen LogP contribution in [0.15, 0.2) is 18.5 Å². The Morgan fingerprint density at radius 2 is 2.18 bits per heavy atom. The minimum absolute atomic E-state index is 0.0565. The maximum absolute atomic E-state index is 11.9. The summed E-state index contributed by atoms with van der Waals surface area (Å²) in [5.74, 6) is -0.0565. The first kappa shape index (κ1) is 13.5. The SMILES string of the molecule is CCCCCCNC(=O)c1cnccc1NC. The Labute approximate surface area is 103 Å². The van der Waals surface area contributed by atoms with E-state index in [2.05, 4.69) is 22.5 Å². The van der Waals surface area contributed by atoms with Gasteiger partial charge in [-0.25, -0.2) is 0 Å². The van der Waals surface area contributed by atoms with Crippen molar-refractivity contribution in [3.05, 3.63) is 24.0 Å². The average molecular weight is 235 g/mol. The van der Waals surface area contributed by atoms with E-state index in [0.717, 1.165) is 18.7 Å². The number of nitrogens with zero attached hydrogens (tertiary/aromatic N) is 1. The van der Waals surface area contributed by atoms with Gasteiger partial charge in [0.2, 0.25) is 0 Å². The van der Waals surface area contributed by atoms with E-state index in [1.807, 2.05) is 0 Å². The number of anilines is 1. The molecule has 0 aliphatic heterocycles. The smallest absolute Gasteiger partial charge is 0.254 e. The average Bonchev–Trinajstić information content (AvgIpc) is 2.38. The molecule has 0 unspecified atom stereocenters. The molecule has 0 aliphatic carbocycles. The Bertz CT molecular complexity index is 352. The van der Waals surface area contributed by atoms with Crippen LogP contribution >= 0.6 is 0 Å². The molecule has 1 amide bonds. The minimum atomic E-state index is -0.0565. The van der Waals surface area contributed by atoms with Gasteiger partial charge in [0.05, 0.1) is 5.56 Å². The molecule has 0 saturated heterocycles. The summed E-state index contributed by atoms with van der Waals surface area (Å²) in [4.78, 5) is 15.8. The van der Waals surface area contributed by atoms with Gasteiger partial charge in [-0.05, 0) is 12.5 Å². The molecule has 2 N–H and O–H groups in total. The first-order valence-corrected chi connectivity index (χ1v) is 6.19. The Kier molecular flexibility index (Phi) is 6.07. The van der Waals surface area contributed by atoms with Crippen LogP contribution in [0.2, 0.25) is 0 Å². The molecule has 0 atom stereocenters. The maximum Gasteiger partial charge on any atom is 0.254 e. The lowest BCUT2D eigenvalue weighted by Gasteiger charge is -2.08. The first-order chi connectivity index (χ1) is 8.29. The van der Waals surface area contributed by atoms with Crippen LogP contribution < -0.4 is 10.6 Å². The summed E-state index contributed by atoms with van der Waals surface area (Å²) in [7, 11) is 1.80. The second kappa shape index (κ2) is 7.65. The molecular formula is C13H21N3O.